The number of carboxylic acid groups (broad SMARTS) is 1. The third-order valence-electron chi connectivity index (χ3n) is 0.947. The molecule has 0 aliphatic carbocycles. The van der Waals surface area contributed by atoms with Gasteiger partial charge in [-0.25, -0.2) is 9.18 Å². The van der Waals surface area contributed by atoms with Gasteiger partial charge in [-0.05, 0) is 6.92 Å². The fourth-order valence-corrected chi connectivity index (χ4v) is 0.536. The molecule has 0 aliphatic heterocycles. The van der Waals surface area contributed by atoms with Crippen molar-refractivity contribution in [1.82, 2.24) is 0 Å². The van der Waals surface area contributed by atoms with E-state index in [0.29, 0.717) is 0 Å². The van der Waals surface area contributed by atoms with Gasteiger partial charge in [-0.15, -0.1) is 0 Å². The first-order chi connectivity index (χ1) is 5.07. The predicted molar refractivity (Wildman–Crippen MR) is 35.0 cm³/mol. The molecule has 11 heavy (non-hydrogen) atoms. The molecule has 0 spiro atoms. The number of hydrogen-bond donors (Lipinski definition) is 1. The summed E-state index contributed by atoms with van der Waals surface area (Å²) in [4.78, 5) is 9.90. The molecule has 0 heterocycles. The zero-order chi connectivity index (χ0) is 8.85. The van der Waals surface area contributed by atoms with Crippen molar-refractivity contribution in [3.63, 3.8) is 0 Å². The summed E-state index contributed by atoms with van der Waals surface area (Å²) in [6.45, 7) is 1.70. The van der Waals surface area contributed by atoms with Crippen molar-refractivity contribution in [2.24, 2.45) is 0 Å². The second-order valence-corrected chi connectivity index (χ2v) is 2.06. The van der Waals surface area contributed by atoms with Crippen molar-refractivity contribution in [3.05, 3.63) is 0 Å². The summed E-state index contributed by atoms with van der Waals surface area (Å²) >= 11 is 0. The molecule has 4 nitrogen and oxygen atoms in total. The van der Waals surface area contributed by atoms with Gasteiger partial charge < -0.3 is 14.6 Å². The highest BCUT2D eigenvalue weighted by atomic mass is 19.1. The van der Waals surface area contributed by atoms with E-state index >= 15 is 0 Å². The second kappa shape index (κ2) is 5.03. The molecule has 0 aromatic carbocycles. The van der Waals surface area contributed by atoms with Crippen molar-refractivity contribution >= 4 is 5.97 Å². The third kappa shape index (κ3) is 4.69. The lowest BCUT2D eigenvalue weighted by molar-refractivity contribution is -0.171. The van der Waals surface area contributed by atoms with E-state index in [0.717, 1.165) is 0 Å². The van der Waals surface area contributed by atoms with E-state index in [-0.39, 0.29) is 6.61 Å². The standard InChI is InChI=1S/C6H11FO4/c1-4(3-10-2)11-5(7)6(8)9/h4-5H,3H2,1-2H3,(H,8,9). The number of carboxylic acids is 1. The van der Waals surface area contributed by atoms with E-state index in [1.165, 1.54) is 14.0 Å². The first-order valence-corrected chi connectivity index (χ1v) is 3.09. The molecular formula is C6H11FO4. The van der Waals surface area contributed by atoms with Crippen LogP contribution in [-0.2, 0) is 14.3 Å². The van der Waals surface area contributed by atoms with Gasteiger partial charge in [0, 0.05) is 7.11 Å². The summed E-state index contributed by atoms with van der Waals surface area (Å²) in [7, 11) is 1.42. The summed E-state index contributed by atoms with van der Waals surface area (Å²) in [5, 5.41) is 8.06. The third-order valence-corrected chi connectivity index (χ3v) is 0.947. The number of methoxy groups -OCH3 is 1. The lowest BCUT2D eigenvalue weighted by atomic mass is 10.4. The number of rotatable bonds is 5. The molecule has 0 rings (SSSR count). The molecule has 0 saturated carbocycles. The molecule has 0 fully saturated rings. The Morgan fingerprint density at radius 2 is 2.27 bits per heavy atom. The zero-order valence-corrected chi connectivity index (χ0v) is 6.41. The first-order valence-electron chi connectivity index (χ1n) is 3.09. The average molecular weight is 166 g/mol. The maximum Gasteiger partial charge on any atom is 0.366 e. The Morgan fingerprint density at radius 3 is 2.64 bits per heavy atom. The number of carbonyl (C=O) groups is 1. The van der Waals surface area contributed by atoms with E-state index in [4.69, 9.17) is 5.11 Å². The molecule has 0 aliphatic rings. The van der Waals surface area contributed by atoms with Gasteiger partial charge >= 0.3 is 5.97 Å². The van der Waals surface area contributed by atoms with Crippen molar-refractivity contribution in [3.8, 4) is 0 Å². The monoisotopic (exact) mass is 166 g/mol. The van der Waals surface area contributed by atoms with E-state index < -0.39 is 18.4 Å². The van der Waals surface area contributed by atoms with Gasteiger partial charge in [0.05, 0.1) is 12.7 Å². The molecule has 5 heteroatoms. The lowest BCUT2D eigenvalue weighted by Crippen LogP contribution is -2.26. The zero-order valence-electron chi connectivity index (χ0n) is 6.41. The number of hydrogen-bond acceptors (Lipinski definition) is 3. The highest BCUT2D eigenvalue weighted by Gasteiger charge is 2.18. The van der Waals surface area contributed by atoms with Crippen LogP contribution in [0.3, 0.4) is 0 Å². The van der Waals surface area contributed by atoms with Gasteiger partial charge in [-0.1, -0.05) is 0 Å². The summed E-state index contributed by atoms with van der Waals surface area (Å²) < 4.78 is 21.2. The Bertz CT molecular complexity index is 128. The van der Waals surface area contributed by atoms with Crippen LogP contribution < -0.4 is 0 Å². The number of halogens is 1. The quantitative estimate of drug-likeness (QED) is 0.643. The Hall–Kier alpha value is -0.680. The Balaban J connectivity index is 3.56. The van der Waals surface area contributed by atoms with E-state index in [1.807, 2.05) is 0 Å². The second-order valence-electron chi connectivity index (χ2n) is 2.06. The molecule has 2 unspecified atom stereocenters. The molecule has 66 valence electrons. The molecule has 0 radical (unpaired) electrons. The smallest absolute Gasteiger partial charge is 0.366 e. The van der Waals surface area contributed by atoms with Gasteiger partial charge in [0.2, 0.25) is 0 Å². The summed E-state index contributed by atoms with van der Waals surface area (Å²) in [5.74, 6) is -1.62. The SMILES string of the molecule is COCC(C)OC(F)C(=O)O. The van der Waals surface area contributed by atoms with Crippen LogP contribution in [-0.4, -0.2) is 37.3 Å². The highest BCUT2D eigenvalue weighted by Crippen LogP contribution is 2.00. The number of ether oxygens (including phenoxy) is 2. The van der Waals surface area contributed by atoms with Gasteiger partial charge in [0.25, 0.3) is 6.36 Å². The molecule has 1 N–H and O–H groups in total. The Labute approximate surface area is 63.9 Å². The minimum absolute atomic E-state index is 0.174. The fourth-order valence-electron chi connectivity index (χ4n) is 0.536. The van der Waals surface area contributed by atoms with Gasteiger partial charge in [-0.2, -0.15) is 0 Å². The maximum atomic E-state index is 12.2. The molecule has 0 amide bonds. The predicted octanol–water partition coefficient (Wildman–Crippen LogP) is 0.418. The molecule has 0 saturated heterocycles. The van der Waals surface area contributed by atoms with Crippen LogP contribution in [0.15, 0.2) is 0 Å². The van der Waals surface area contributed by atoms with Crippen LogP contribution in [0.5, 0.6) is 0 Å². The van der Waals surface area contributed by atoms with Crippen LogP contribution >= 0.6 is 0 Å². The summed E-state index contributed by atoms with van der Waals surface area (Å²) in [5.41, 5.74) is 0. The van der Waals surface area contributed by atoms with Crippen molar-refractivity contribution < 1.29 is 23.8 Å². The first kappa shape index (κ1) is 10.3. The normalized spacial score (nSPS) is 15.9. The molecule has 2 atom stereocenters. The maximum absolute atomic E-state index is 12.2. The van der Waals surface area contributed by atoms with Crippen LogP contribution in [0.2, 0.25) is 0 Å². The largest absolute Gasteiger partial charge is 0.477 e. The highest BCUT2D eigenvalue weighted by molar-refractivity contribution is 5.70. The number of aliphatic carboxylic acids is 1. The van der Waals surface area contributed by atoms with E-state index in [2.05, 4.69) is 9.47 Å². The van der Waals surface area contributed by atoms with Crippen molar-refractivity contribution in [1.29, 1.82) is 0 Å². The molecule has 0 bridgehead atoms. The van der Waals surface area contributed by atoms with E-state index in [9.17, 15) is 9.18 Å². The van der Waals surface area contributed by atoms with Crippen molar-refractivity contribution in [2.45, 2.75) is 19.4 Å². The lowest BCUT2D eigenvalue weighted by Gasteiger charge is -2.12. The summed E-state index contributed by atoms with van der Waals surface area (Å²) in [6, 6.07) is 0. The average Bonchev–Trinajstić information content (AvgIpc) is 1.87. The van der Waals surface area contributed by atoms with Crippen LogP contribution in [0.1, 0.15) is 6.92 Å². The molecule has 0 aromatic rings. The van der Waals surface area contributed by atoms with Crippen LogP contribution in [0, 0.1) is 0 Å². The van der Waals surface area contributed by atoms with Crippen molar-refractivity contribution in [2.75, 3.05) is 13.7 Å². The molecular weight excluding hydrogens is 155 g/mol. The van der Waals surface area contributed by atoms with Gasteiger partial charge in [0.1, 0.15) is 0 Å². The minimum atomic E-state index is -2.26. The Kier molecular flexibility index (Phi) is 4.72. The minimum Gasteiger partial charge on any atom is -0.477 e. The topological polar surface area (TPSA) is 55.8 Å². The van der Waals surface area contributed by atoms with Crippen LogP contribution in [0.25, 0.3) is 0 Å². The fraction of sp³-hybridized carbons (Fsp3) is 0.833. The van der Waals surface area contributed by atoms with Gasteiger partial charge in [-0.3, -0.25) is 0 Å². The van der Waals surface area contributed by atoms with Crippen LogP contribution in [0.4, 0.5) is 4.39 Å². The molecule has 0 aromatic heterocycles. The Morgan fingerprint density at radius 1 is 1.73 bits per heavy atom. The van der Waals surface area contributed by atoms with Gasteiger partial charge in [0.15, 0.2) is 0 Å². The summed E-state index contributed by atoms with van der Waals surface area (Å²) in [6.07, 6.45) is -2.81. The number of alkyl halides is 1. The van der Waals surface area contributed by atoms with E-state index in [1.54, 1.807) is 0 Å².